The second-order valence-electron chi connectivity index (χ2n) is 6.24. The molecular weight excluding hydrogens is 160 g/mol. The zero-order chi connectivity index (χ0) is 9.43. The lowest BCUT2D eigenvalue weighted by Crippen LogP contribution is -2.67. The second-order valence-corrected chi connectivity index (χ2v) is 6.24. The van der Waals surface area contributed by atoms with Crippen LogP contribution in [0.1, 0.15) is 40.0 Å². The Labute approximate surface area is 79.9 Å². The normalized spacial score (nSPS) is 56.2. The highest BCUT2D eigenvalue weighted by Gasteiger charge is 2.68. The fraction of sp³-hybridized carbons (Fsp3) is 0.917. The highest BCUT2D eigenvalue weighted by Crippen LogP contribution is 2.72. The van der Waals surface area contributed by atoms with Crippen molar-refractivity contribution in [1.82, 2.24) is 0 Å². The summed E-state index contributed by atoms with van der Waals surface area (Å²) >= 11 is 0. The topological polar surface area (TPSA) is 17.1 Å². The largest absolute Gasteiger partial charge is 0.299 e. The Morgan fingerprint density at radius 3 is 2.38 bits per heavy atom. The van der Waals surface area contributed by atoms with Gasteiger partial charge in [-0.1, -0.05) is 20.8 Å². The van der Waals surface area contributed by atoms with Gasteiger partial charge < -0.3 is 0 Å². The number of ketones is 1. The van der Waals surface area contributed by atoms with Gasteiger partial charge in [-0.2, -0.15) is 0 Å². The Balaban J connectivity index is 1.97. The first-order valence-electron chi connectivity index (χ1n) is 5.49. The summed E-state index contributed by atoms with van der Waals surface area (Å²) in [7, 11) is 0. The third-order valence-electron chi connectivity index (χ3n) is 5.53. The van der Waals surface area contributed by atoms with E-state index in [4.69, 9.17) is 0 Å². The van der Waals surface area contributed by atoms with Gasteiger partial charge in [-0.15, -0.1) is 0 Å². The van der Waals surface area contributed by atoms with Crippen LogP contribution >= 0.6 is 0 Å². The summed E-state index contributed by atoms with van der Waals surface area (Å²) in [6.45, 7) is 7.15. The molecule has 0 aromatic carbocycles. The Hall–Kier alpha value is -0.330. The molecule has 0 heterocycles. The van der Waals surface area contributed by atoms with Crippen LogP contribution < -0.4 is 0 Å². The summed E-state index contributed by atoms with van der Waals surface area (Å²) in [5, 5.41) is 0. The van der Waals surface area contributed by atoms with Crippen molar-refractivity contribution >= 4 is 5.78 Å². The Morgan fingerprint density at radius 2 is 1.92 bits per heavy atom. The molecule has 4 aliphatic carbocycles. The molecule has 72 valence electrons. The highest BCUT2D eigenvalue weighted by molar-refractivity contribution is 5.89. The zero-order valence-electron chi connectivity index (χ0n) is 8.76. The van der Waals surface area contributed by atoms with Crippen molar-refractivity contribution in [1.29, 1.82) is 0 Å². The van der Waals surface area contributed by atoms with Gasteiger partial charge in [0.15, 0.2) is 0 Å². The quantitative estimate of drug-likeness (QED) is 0.557. The minimum atomic E-state index is 0.398. The maximum absolute atomic E-state index is 11.4. The van der Waals surface area contributed by atoms with Gasteiger partial charge >= 0.3 is 0 Å². The average Bonchev–Trinajstić information content (AvgIpc) is 2.01. The number of carbonyl (C=O) groups excluding carboxylic acids is 1. The van der Waals surface area contributed by atoms with Crippen molar-refractivity contribution in [3.8, 4) is 0 Å². The molecule has 0 saturated heterocycles. The molecule has 0 amide bonds. The van der Waals surface area contributed by atoms with Crippen LogP contribution in [0.2, 0.25) is 0 Å². The minimum Gasteiger partial charge on any atom is -0.299 e. The monoisotopic (exact) mass is 178 g/mol. The van der Waals surface area contributed by atoms with Crippen LogP contribution in [-0.4, -0.2) is 5.78 Å². The second kappa shape index (κ2) is 1.87. The van der Waals surface area contributed by atoms with E-state index in [-0.39, 0.29) is 0 Å². The van der Waals surface area contributed by atoms with E-state index in [0.717, 1.165) is 18.3 Å². The van der Waals surface area contributed by atoms with Gasteiger partial charge in [0.05, 0.1) is 0 Å². The molecule has 13 heavy (non-hydrogen) atoms. The van der Waals surface area contributed by atoms with Gasteiger partial charge in [-0.25, -0.2) is 0 Å². The van der Waals surface area contributed by atoms with Crippen LogP contribution in [0.25, 0.3) is 0 Å². The third kappa shape index (κ3) is 0.660. The molecule has 0 spiro atoms. The SMILES string of the molecule is CC1(C)[C@H]2C[C@@H]3C(=O)C[C@]3(C)[C@@H]1C2. The average molecular weight is 178 g/mol. The molecule has 4 aliphatic rings. The van der Waals surface area contributed by atoms with Crippen molar-refractivity contribution in [2.45, 2.75) is 40.0 Å². The minimum absolute atomic E-state index is 0.398. The molecule has 0 aromatic heterocycles. The molecule has 0 unspecified atom stereocenters. The molecule has 0 aromatic rings. The molecule has 4 rings (SSSR count). The molecule has 0 radical (unpaired) electrons. The number of hydrogen-bond donors (Lipinski definition) is 0. The predicted octanol–water partition coefficient (Wildman–Crippen LogP) is 2.65. The van der Waals surface area contributed by atoms with Crippen molar-refractivity contribution < 1.29 is 4.79 Å². The number of Topliss-reactive ketones (excluding diaryl/α,β-unsaturated/α-hetero) is 1. The fourth-order valence-corrected chi connectivity index (χ4v) is 4.44. The van der Waals surface area contributed by atoms with Crippen LogP contribution in [0.3, 0.4) is 0 Å². The van der Waals surface area contributed by atoms with E-state index < -0.39 is 0 Å². The van der Waals surface area contributed by atoms with Gasteiger partial charge in [0, 0.05) is 12.3 Å². The van der Waals surface area contributed by atoms with E-state index >= 15 is 0 Å². The Morgan fingerprint density at radius 1 is 1.23 bits per heavy atom. The first-order valence-corrected chi connectivity index (χ1v) is 5.49. The highest BCUT2D eigenvalue weighted by atomic mass is 16.1. The summed E-state index contributed by atoms with van der Waals surface area (Å²) in [5.41, 5.74) is 0.932. The summed E-state index contributed by atoms with van der Waals surface area (Å²) in [6, 6.07) is 0. The first-order chi connectivity index (χ1) is 5.96. The van der Waals surface area contributed by atoms with Crippen LogP contribution in [0, 0.1) is 28.6 Å². The summed E-state index contributed by atoms with van der Waals surface area (Å²) < 4.78 is 0. The van der Waals surface area contributed by atoms with Gasteiger partial charge in [0.2, 0.25) is 0 Å². The van der Waals surface area contributed by atoms with Crippen molar-refractivity contribution in [2.24, 2.45) is 28.6 Å². The molecule has 0 aliphatic heterocycles. The van der Waals surface area contributed by atoms with Crippen LogP contribution in [0.4, 0.5) is 0 Å². The van der Waals surface area contributed by atoms with Crippen LogP contribution in [0.5, 0.6) is 0 Å². The van der Waals surface area contributed by atoms with E-state index in [0.29, 0.717) is 22.5 Å². The number of carbonyl (C=O) groups is 1. The molecule has 4 atom stereocenters. The maximum atomic E-state index is 11.4. The lowest BCUT2D eigenvalue weighted by atomic mass is 9.33. The molecule has 2 bridgehead atoms. The lowest BCUT2D eigenvalue weighted by Gasteiger charge is -2.70. The molecule has 1 nitrogen and oxygen atoms in total. The lowest BCUT2D eigenvalue weighted by molar-refractivity contribution is -0.216. The van der Waals surface area contributed by atoms with Gasteiger partial charge in [-0.3, -0.25) is 4.79 Å². The third-order valence-corrected chi connectivity index (χ3v) is 5.53. The van der Waals surface area contributed by atoms with E-state index in [1.54, 1.807) is 0 Å². The Kier molecular flexibility index (Phi) is 1.15. The molecule has 1 heteroatoms. The molecule has 0 N–H and O–H groups in total. The van der Waals surface area contributed by atoms with Crippen molar-refractivity contribution in [3.63, 3.8) is 0 Å². The molecule has 4 fully saturated rings. The molecular formula is C12H18O. The predicted molar refractivity (Wildman–Crippen MR) is 51.2 cm³/mol. The Bertz CT molecular complexity index is 291. The van der Waals surface area contributed by atoms with E-state index in [2.05, 4.69) is 20.8 Å². The van der Waals surface area contributed by atoms with E-state index in [9.17, 15) is 4.79 Å². The van der Waals surface area contributed by atoms with Gasteiger partial charge in [-0.05, 0) is 35.5 Å². The van der Waals surface area contributed by atoms with Crippen LogP contribution in [0.15, 0.2) is 0 Å². The first kappa shape index (κ1) is 8.02. The van der Waals surface area contributed by atoms with E-state index in [1.165, 1.54) is 12.8 Å². The smallest absolute Gasteiger partial charge is 0.137 e. The molecule has 4 saturated carbocycles. The van der Waals surface area contributed by atoms with Crippen molar-refractivity contribution in [2.75, 3.05) is 0 Å². The summed E-state index contributed by atoms with van der Waals surface area (Å²) in [5.74, 6) is 2.68. The van der Waals surface area contributed by atoms with Gasteiger partial charge in [0.1, 0.15) is 5.78 Å². The zero-order valence-corrected chi connectivity index (χ0v) is 8.76. The summed E-state index contributed by atoms with van der Waals surface area (Å²) in [6.07, 6.45) is 3.46. The number of rotatable bonds is 0. The number of hydrogen-bond acceptors (Lipinski definition) is 1. The maximum Gasteiger partial charge on any atom is 0.137 e. The van der Waals surface area contributed by atoms with Crippen molar-refractivity contribution in [3.05, 3.63) is 0 Å². The standard InChI is InChI=1S/C12H18O/c1-11(2)7-4-8-9(13)6-12(8,3)10(11)5-7/h7-8,10H,4-6H2,1-3H3/t7-,8+,10+,12-/m0/s1. The van der Waals surface area contributed by atoms with Crippen LogP contribution in [-0.2, 0) is 4.79 Å². The van der Waals surface area contributed by atoms with Gasteiger partial charge in [0.25, 0.3) is 0 Å². The fourth-order valence-electron chi connectivity index (χ4n) is 4.44. The van der Waals surface area contributed by atoms with E-state index in [1.807, 2.05) is 0 Å². The summed E-state index contributed by atoms with van der Waals surface area (Å²) in [4.78, 5) is 11.4.